The third-order valence-electron chi connectivity index (χ3n) is 3.44. The van der Waals surface area contributed by atoms with Crippen LogP contribution in [0, 0.1) is 0 Å². The van der Waals surface area contributed by atoms with Crippen LogP contribution in [0.5, 0.6) is 0 Å². The van der Waals surface area contributed by atoms with Crippen molar-refractivity contribution in [3.05, 3.63) is 90.5 Å². The zero-order valence-electron chi connectivity index (χ0n) is 12.0. The first-order valence-corrected chi connectivity index (χ1v) is 8.40. The first-order valence-electron chi connectivity index (χ1n) is 7.06. The van der Waals surface area contributed by atoms with E-state index in [4.69, 9.17) is 5.73 Å². The normalized spacial score (nSPS) is 10.6. The van der Waals surface area contributed by atoms with Gasteiger partial charge in [0.05, 0.1) is 0 Å². The summed E-state index contributed by atoms with van der Waals surface area (Å²) in [7, 11) is -0.800. The standard InChI is InChI=1S/C19H16NOP/c20-19(21)17-13-7-8-14-18(17)22(15-9-3-1-4-10-15)16-11-5-2-6-12-16/h1-14H,(H2,20,21)/i20+1. The Hall–Kier alpha value is -2.44. The Bertz CT molecular complexity index is 732. The van der Waals surface area contributed by atoms with Crippen LogP contribution in [0.15, 0.2) is 84.9 Å². The number of primary amides is 1. The maximum Gasteiger partial charge on any atom is 0.249 e. The number of carbonyl (C=O) groups is 1. The highest BCUT2D eigenvalue weighted by Crippen LogP contribution is 2.33. The van der Waals surface area contributed by atoms with E-state index in [9.17, 15) is 4.79 Å². The Morgan fingerprint density at radius 2 is 1.14 bits per heavy atom. The number of benzene rings is 3. The van der Waals surface area contributed by atoms with Gasteiger partial charge in [0.15, 0.2) is 0 Å². The lowest BCUT2D eigenvalue weighted by Gasteiger charge is -2.21. The van der Waals surface area contributed by atoms with Crippen LogP contribution < -0.4 is 21.6 Å². The zero-order valence-corrected chi connectivity index (χ0v) is 12.9. The molecule has 1 amide bonds. The van der Waals surface area contributed by atoms with Crippen LogP contribution in [0.25, 0.3) is 0 Å². The van der Waals surface area contributed by atoms with Gasteiger partial charge < -0.3 is 5.73 Å². The van der Waals surface area contributed by atoms with Gasteiger partial charge in [-0.15, -0.1) is 0 Å². The molecule has 0 saturated heterocycles. The van der Waals surface area contributed by atoms with Crippen molar-refractivity contribution in [2.75, 3.05) is 0 Å². The molecule has 0 heterocycles. The molecule has 0 fully saturated rings. The van der Waals surface area contributed by atoms with Gasteiger partial charge in [0.2, 0.25) is 5.91 Å². The van der Waals surface area contributed by atoms with Crippen molar-refractivity contribution in [2.45, 2.75) is 0 Å². The van der Waals surface area contributed by atoms with Crippen LogP contribution in [0.3, 0.4) is 0 Å². The second kappa shape index (κ2) is 6.55. The van der Waals surface area contributed by atoms with Crippen LogP contribution in [0.2, 0.25) is 0 Å². The van der Waals surface area contributed by atoms with Crippen molar-refractivity contribution in [3.63, 3.8) is 0 Å². The zero-order chi connectivity index (χ0) is 15.4. The summed E-state index contributed by atoms with van der Waals surface area (Å²) in [5, 5.41) is 3.41. The van der Waals surface area contributed by atoms with Crippen LogP contribution in [-0.2, 0) is 0 Å². The van der Waals surface area contributed by atoms with Crippen LogP contribution >= 0.6 is 7.92 Å². The second-order valence-electron chi connectivity index (χ2n) is 4.89. The molecule has 0 aromatic heterocycles. The average Bonchev–Trinajstić information content (AvgIpc) is 2.57. The van der Waals surface area contributed by atoms with E-state index in [0.29, 0.717) is 5.56 Å². The number of hydrogen-bond donors (Lipinski definition) is 1. The molecule has 0 spiro atoms. The molecule has 0 aliphatic carbocycles. The summed E-state index contributed by atoms with van der Waals surface area (Å²) in [6.45, 7) is 0. The molecule has 0 aliphatic rings. The molecular formula is C19H16NOP. The minimum absolute atomic E-state index is 0.380. The second-order valence-corrected chi connectivity index (χ2v) is 7.07. The fourth-order valence-electron chi connectivity index (χ4n) is 2.46. The van der Waals surface area contributed by atoms with Gasteiger partial charge in [-0.2, -0.15) is 0 Å². The molecule has 3 rings (SSSR count). The molecule has 2 N–H and O–H groups in total. The van der Waals surface area contributed by atoms with Crippen molar-refractivity contribution in [1.29, 1.82) is 0 Å². The SMILES string of the molecule is [15NH2]C(=O)c1ccccc1P(c1ccccc1)c1ccccc1. The van der Waals surface area contributed by atoms with Gasteiger partial charge in [-0.3, -0.25) is 4.79 Å². The number of nitrogens with two attached hydrogens (primary N) is 1. The predicted octanol–water partition coefficient (Wildman–Crippen LogP) is 2.54. The molecule has 0 unspecified atom stereocenters. The Balaban J connectivity index is 2.21. The third-order valence-corrected chi connectivity index (χ3v) is 5.94. The number of rotatable bonds is 4. The molecule has 0 bridgehead atoms. The van der Waals surface area contributed by atoms with Crippen molar-refractivity contribution in [1.82, 2.24) is 0 Å². The molecule has 3 heteroatoms. The summed E-state index contributed by atoms with van der Waals surface area (Å²) in [4.78, 5) is 11.8. The van der Waals surface area contributed by atoms with Crippen LogP contribution in [0.4, 0.5) is 0 Å². The van der Waals surface area contributed by atoms with E-state index in [0.717, 1.165) is 5.30 Å². The van der Waals surface area contributed by atoms with Crippen molar-refractivity contribution < 1.29 is 4.79 Å². The van der Waals surface area contributed by atoms with Gasteiger partial charge in [0, 0.05) is 5.56 Å². The molecule has 2 nitrogen and oxygen atoms in total. The van der Waals surface area contributed by atoms with Gasteiger partial charge in [-0.05, 0) is 29.9 Å². The van der Waals surface area contributed by atoms with Crippen molar-refractivity contribution in [3.8, 4) is 0 Å². The van der Waals surface area contributed by atoms with E-state index in [1.807, 2.05) is 54.6 Å². The van der Waals surface area contributed by atoms with Gasteiger partial charge in [0.25, 0.3) is 0 Å². The summed E-state index contributed by atoms with van der Waals surface area (Å²) in [6.07, 6.45) is 0. The van der Waals surface area contributed by atoms with Gasteiger partial charge in [0.1, 0.15) is 0 Å². The maximum absolute atomic E-state index is 11.8. The largest absolute Gasteiger partial charge is 0.366 e. The Morgan fingerprint density at radius 1 is 0.682 bits per heavy atom. The molecule has 108 valence electrons. The van der Waals surface area contributed by atoms with E-state index in [1.165, 1.54) is 10.6 Å². The van der Waals surface area contributed by atoms with Crippen molar-refractivity contribution >= 4 is 29.7 Å². The lowest BCUT2D eigenvalue weighted by Crippen LogP contribution is -2.27. The highest BCUT2D eigenvalue weighted by atomic mass is 31.1. The lowest BCUT2D eigenvalue weighted by atomic mass is 10.2. The Kier molecular flexibility index (Phi) is 4.32. The lowest BCUT2D eigenvalue weighted by molar-refractivity contribution is 0.100. The summed E-state index contributed by atoms with van der Waals surface area (Å²) in [6, 6.07) is 28.2. The van der Waals surface area contributed by atoms with Crippen LogP contribution in [0.1, 0.15) is 10.4 Å². The first-order chi connectivity index (χ1) is 10.8. The molecule has 0 radical (unpaired) electrons. The molecule has 3 aromatic rings. The molecule has 22 heavy (non-hydrogen) atoms. The highest BCUT2D eigenvalue weighted by Gasteiger charge is 2.20. The van der Waals surface area contributed by atoms with Crippen LogP contribution in [-0.4, -0.2) is 5.91 Å². The fourth-order valence-corrected chi connectivity index (χ4v) is 4.91. The van der Waals surface area contributed by atoms with E-state index >= 15 is 0 Å². The molecule has 0 aliphatic heterocycles. The summed E-state index contributed by atoms with van der Waals surface area (Å²) >= 11 is 0. The van der Waals surface area contributed by atoms with E-state index in [2.05, 4.69) is 24.3 Å². The number of hydrogen-bond acceptors (Lipinski definition) is 1. The minimum Gasteiger partial charge on any atom is -0.366 e. The summed E-state index contributed by atoms with van der Waals surface area (Å²) < 4.78 is 0. The van der Waals surface area contributed by atoms with Gasteiger partial charge >= 0.3 is 0 Å². The smallest absolute Gasteiger partial charge is 0.249 e. The van der Waals surface area contributed by atoms with Gasteiger partial charge in [-0.25, -0.2) is 0 Å². The maximum atomic E-state index is 11.8. The monoisotopic (exact) mass is 306 g/mol. The van der Waals surface area contributed by atoms with Crippen molar-refractivity contribution in [2.24, 2.45) is 5.73 Å². The molecular weight excluding hydrogens is 290 g/mol. The van der Waals surface area contributed by atoms with E-state index in [1.54, 1.807) is 6.07 Å². The Morgan fingerprint density at radius 3 is 1.64 bits per heavy atom. The third kappa shape index (κ3) is 2.93. The Labute approximate surface area is 131 Å². The quantitative estimate of drug-likeness (QED) is 0.584. The van der Waals surface area contributed by atoms with E-state index < -0.39 is 7.92 Å². The topological polar surface area (TPSA) is 43.1 Å². The minimum atomic E-state index is -0.800. The number of carbonyl (C=O) groups excluding carboxylic acids is 1. The first kappa shape index (κ1) is 14.5. The fraction of sp³-hybridized carbons (Fsp3) is 0. The number of amides is 1. The molecule has 0 atom stereocenters. The molecule has 0 saturated carbocycles. The molecule has 3 aromatic carbocycles. The average molecular weight is 306 g/mol. The van der Waals surface area contributed by atoms with Gasteiger partial charge in [-0.1, -0.05) is 78.9 Å². The predicted molar refractivity (Wildman–Crippen MR) is 93.7 cm³/mol. The summed E-state index contributed by atoms with van der Waals surface area (Å²) in [5.74, 6) is -0.380. The van der Waals surface area contributed by atoms with E-state index in [-0.39, 0.29) is 5.91 Å². The highest BCUT2D eigenvalue weighted by molar-refractivity contribution is 7.80. The summed E-state index contributed by atoms with van der Waals surface area (Å²) in [5.41, 5.74) is 6.18.